The second-order valence-corrected chi connectivity index (χ2v) is 7.28. The van der Waals surface area contributed by atoms with Crippen molar-refractivity contribution >= 4 is 29.5 Å². The first kappa shape index (κ1) is 15.8. The van der Waals surface area contributed by atoms with Gasteiger partial charge in [0, 0.05) is 5.30 Å². The van der Waals surface area contributed by atoms with Crippen LogP contribution in [0.3, 0.4) is 0 Å². The topological polar surface area (TPSA) is 71.3 Å². The van der Waals surface area contributed by atoms with Crippen LogP contribution in [0.1, 0.15) is 6.42 Å². The molecule has 0 aliphatic carbocycles. The van der Waals surface area contributed by atoms with Crippen molar-refractivity contribution < 1.29 is 14.1 Å². The number of ether oxygens (including phenoxy) is 1. The minimum atomic E-state index is -2.54. The molecule has 1 atom stereocenters. The Hall–Kier alpha value is -1.25. The molecule has 1 aromatic rings. The van der Waals surface area contributed by atoms with Gasteiger partial charge in [0.05, 0.1) is 26.2 Å². The molecule has 0 bridgehead atoms. The van der Waals surface area contributed by atoms with Crippen molar-refractivity contribution in [2.75, 3.05) is 20.3 Å². The zero-order valence-corrected chi connectivity index (χ0v) is 12.2. The first-order valence-corrected chi connectivity index (χ1v) is 8.33. The van der Waals surface area contributed by atoms with Gasteiger partial charge in [-0.3, -0.25) is 9.88 Å². The van der Waals surface area contributed by atoms with E-state index in [-0.39, 0.29) is 19.6 Å². The van der Waals surface area contributed by atoms with Crippen LogP contribution in [0, 0.1) is 11.3 Å². The molecule has 7 heteroatoms. The highest BCUT2D eigenvalue weighted by Gasteiger charge is 2.21. The molecule has 5 nitrogen and oxygen atoms in total. The van der Waals surface area contributed by atoms with E-state index in [1.807, 2.05) is 36.4 Å². The molecular weight excluding hydrogens is 283 g/mol. The number of nitriles is 1. The first-order valence-electron chi connectivity index (χ1n) is 5.61. The molecule has 1 rings (SSSR count). The summed E-state index contributed by atoms with van der Waals surface area (Å²) < 4.78 is 10.2. The van der Waals surface area contributed by atoms with Crippen LogP contribution in [0.15, 0.2) is 30.3 Å². The van der Waals surface area contributed by atoms with Gasteiger partial charge in [-0.05, 0) is 11.8 Å². The number of esters is 1. The number of methoxy groups -OCH3 is 1. The summed E-state index contributed by atoms with van der Waals surface area (Å²) in [7, 11) is 1.31. The Labute approximate surface area is 117 Å². The molecule has 0 aliphatic heterocycles. The number of hydrogen-bond acceptors (Lipinski definition) is 5. The molecule has 1 N–H and O–H groups in total. The molecule has 0 saturated heterocycles. The Balaban J connectivity index is 2.81. The number of rotatable bonds is 7. The van der Waals surface area contributed by atoms with E-state index in [1.165, 1.54) is 7.11 Å². The SMILES string of the molecule is COC(=O)CNP(=S)(OCCC#N)c1ccccc1. The monoisotopic (exact) mass is 298 g/mol. The number of carbonyl (C=O) groups is 1. The van der Waals surface area contributed by atoms with Crippen LogP contribution in [0.25, 0.3) is 0 Å². The molecule has 0 amide bonds. The fourth-order valence-corrected chi connectivity index (χ4v) is 3.75. The normalized spacial score (nSPS) is 13.3. The van der Waals surface area contributed by atoms with Gasteiger partial charge in [0.25, 0.3) is 0 Å². The van der Waals surface area contributed by atoms with Crippen molar-refractivity contribution in [3.05, 3.63) is 30.3 Å². The molecule has 19 heavy (non-hydrogen) atoms. The van der Waals surface area contributed by atoms with Crippen molar-refractivity contribution in [3.8, 4) is 6.07 Å². The van der Waals surface area contributed by atoms with Crippen LogP contribution in [-0.4, -0.2) is 26.2 Å². The third-order valence-electron chi connectivity index (χ3n) is 2.24. The van der Waals surface area contributed by atoms with Crippen LogP contribution in [0.4, 0.5) is 0 Å². The van der Waals surface area contributed by atoms with E-state index in [4.69, 9.17) is 21.6 Å². The summed E-state index contributed by atoms with van der Waals surface area (Å²) >= 11 is 5.51. The molecule has 0 saturated carbocycles. The lowest BCUT2D eigenvalue weighted by Crippen LogP contribution is -2.27. The molecule has 1 unspecified atom stereocenters. The second-order valence-electron chi connectivity index (χ2n) is 3.54. The van der Waals surface area contributed by atoms with E-state index in [0.717, 1.165) is 5.30 Å². The number of benzene rings is 1. The predicted molar refractivity (Wildman–Crippen MR) is 76.6 cm³/mol. The van der Waals surface area contributed by atoms with Crippen molar-refractivity contribution in [1.29, 1.82) is 5.26 Å². The van der Waals surface area contributed by atoms with Gasteiger partial charge >= 0.3 is 5.97 Å². The Morgan fingerprint density at radius 2 is 2.16 bits per heavy atom. The lowest BCUT2D eigenvalue weighted by Gasteiger charge is -2.23. The summed E-state index contributed by atoms with van der Waals surface area (Å²) in [6.07, 6.45) is -2.28. The van der Waals surface area contributed by atoms with Crippen molar-refractivity contribution in [3.63, 3.8) is 0 Å². The quantitative estimate of drug-likeness (QED) is 0.465. The summed E-state index contributed by atoms with van der Waals surface area (Å²) in [6, 6.07) is 11.3. The molecule has 0 aromatic heterocycles. The average molecular weight is 298 g/mol. The van der Waals surface area contributed by atoms with E-state index >= 15 is 0 Å². The van der Waals surface area contributed by atoms with E-state index < -0.39 is 12.4 Å². The van der Waals surface area contributed by atoms with Crippen LogP contribution in [-0.2, 0) is 25.9 Å². The fourth-order valence-electron chi connectivity index (χ4n) is 1.30. The van der Waals surface area contributed by atoms with E-state index in [1.54, 1.807) is 0 Å². The van der Waals surface area contributed by atoms with Crippen LogP contribution < -0.4 is 10.4 Å². The standard InChI is InChI=1S/C12H15N2O3PS/c1-16-12(15)10-14-18(19,17-9-5-8-13)11-6-3-2-4-7-11/h2-4,6-7H,5,9-10H2,1H3,(H,14,19). The Morgan fingerprint density at radius 1 is 1.47 bits per heavy atom. The predicted octanol–water partition coefficient (Wildman–Crippen LogP) is 1.31. The second kappa shape index (κ2) is 8.03. The van der Waals surface area contributed by atoms with Crippen LogP contribution in [0.2, 0.25) is 0 Å². The molecular formula is C12H15N2O3PS. The first-order chi connectivity index (χ1) is 9.12. The highest BCUT2D eigenvalue weighted by atomic mass is 32.4. The summed E-state index contributed by atoms with van der Waals surface area (Å²) in [6.45, 7) is 0.214. The molecule has 0 heterocycles. The molecule has 0 fully saturated rings. The van der Waals surface area contributed by atoms with Crippen molar-refractivity contribution in [1.82, 2.24) is 5.09 Å². The van der Waals surface area contributed by atoms with Gasteiger partial charge in [-0.2, -0.15) is 5.26 Å². The zero-order valence-electron chi connectivity index (χ0n) is 10.5. The van der Waals surface area contributed by atoms with Gasteiger partial charge < -0.3 is 9.26 Å². The Morgan fingerprint density at radius 3 is 2.74 bits per heavy atom. The number of nitrogens with one attached hydrogen (secondary N) is 1. The molecule has 102 valence electrons. The van der Waals surface area contributed by atoms with Crippen LogP contribution >= 0.6 is 6.42 Å². The van der Waals surface area contributed by atoms with Crippen molar-refractivity contribution in [2.45, 2.75) is 6.42 Å². The van der Waals surface area contributed by atoms with Gasteiger partial charge in [-0.25, -0.2) is 0 Å². The third kappa shape index (κ3) is 5.09. The lowest BCUT2D eigenvalue weighted by atomic mass is 10.4. The smallest absolute Gasteiger partial charge is 0.320 e. The summed E-state index contributed by atoms with van der Waals surface area (Å²) in [5.74, 6) is -0.408. The van der Waals surface area contributed by atoms with E-state index in [2.05, 4.69) is 9.82 Å². The molecule has 0 aliphatic rings. The summed E-state index contributed by atoms with van der Waals surface area (Å²) in [5, 5.41) is 12.3. The maximum Gasteiger partial charge on any atom is 0.320 e. The zero-order chi connectivity index (χ0) is 14.1. The minimum absolute atomic E-state index is 0.0186. The fraction of sp³-hybridized carbons (Fsp3) is 0.333. The Kier molecular flexibility index (Phi) is 6.68. The summed E-state index contributed by atoms with van der Waals surface area (Å²) in [5.41, 5.74) is 0. The Bertz CT molecular complexity index is 501. The molecule has 0 spiro atoms. The number of nitrogens with zero attached hydrogens (tertiary/aromatic N) is 1. The number of carbonyl (C=O) groups excluding carboxylic acids is 1. The largest absolute Gasteiger partial charge is 0.468 e. The molecule has 0 radical (unpaired) electrons. The minimum Gasteiger partial charge on any atom is -0.468 e. The van der Waals surface area contributed by atoms with Crippen molar-refractivity contribution in [2.24, 2.45) is 0 Å². The number of hydrogen-bond donors (Lipinski definition) is 1. The summed E-state index contributed by atoms with van der Waals surface area (Å²) in [4.78, 5) is 11.2. The van der Waals surface area contributed by atoms with Gasteiger partial charge in [0.2, 0.25) is 0 Å². The highest BCUT2D eigenvalue weighted by molar-refractivity contribution is 8.14. The van der Waals surface area contributed by atoms with Gasteiger partial charge in [-0.15, -0.1) is 0 Å². The highest BCUT2D eigenvalue weighted by Crippen LogP contribution is 2.41. The van der Waals surface area contributed by atoms with E-state index in [9.17, 15) is 4.79 Å². The lowest BCUT2D eigenvalue weighted by molar-refractivity contribution is -0.139. The van der Waals surface area contributed by atoms with Gasteiger partial charge in [-0.1, -0.05) is 30.3 Å². The maximum atomic E-state index is 11.2. The maximum absolute atomic E-state index is 11.2. The van der Waals surface area contributed by atoms with Gasteiger partial charge in [0.15, 0.2) is 6.42 Å². The third-order valence-corrected chi connectivity index (χ3v) is 5.68. The van der Waals surface area contributed by atoms with Gasteiger partial charge in [0.1, 0.15) is 6.54 Å². The van der Waals surface area contributed by atoms with E-state index in [0.29, 0.717) is 0 Å². The van der Waals surface area contributed by atoms with Crippen LogP contribution in [0.5, 0.6) is 0 Å². The average Bonchev–Trinajstić information content (AvgIpc) is 2.46. The molecule has 1 aromatic carbocycles.